The summed E-state index contributed by atoms with van der Waals surface area (Å²) in [5, 5.41) is 17.7. The highest BCUT2D eigenvalue weighted by Crippen LogP contribution is 2.35. The van der Waals surface area contributed by atoms with Gasteiger partial charge in [-0.1, -0.05) is 19.9 Å². The third kappa shape index (κ3) is 5.55. The summed E-state index contributed by atoms with van der Waals surface area (Å²) < 4.78 is 23.0. The Labute approximate surface area is 161 Å². The Hall–Kier alpha value is -1.87. The molecular formula is C18H30N4O4S. The molecule has 0 radical (unpaired) electrons. The van der Waals surface area contributed by atoms with Crippen LogP contribution in [0, 0.1) is 11.8 Å². The Bertz CT molecular complexity index is 779. The first-order valence-electron chi connectivity index (χ1n) is 9.17. The summed E-state index contributed by atoms with van der Waals surface area (Å²) >= 11 is 0. The van der Waals surface area contributed by atoms with E-state index in [1.807, 2.05) is 13.8 Å². The summed E-state index contributed by atoms with van der Waals surface area (Å²) in [4.78, 5) is 17.0. The van der Waals surface area contributed by atoms with Crippen molar-refractivity contribution in [1.82, 2.24) is 9.88 Å². The van der Waals surface area contributed by atoms with Crippen LogP contribution in [0.5, 0.6) is 0 Å². The minimum atomic E-state index is -3.85. The number of likely N-dealkylation sites (tertiary alicyclic amines) is 1. The van der Waals surface area contributed by atoms with Gasteiger partial charge in [0, 0.05) is 18.1 Å². The van der Waals surface area contributed by atoms with Crippen LogP contribution in [0.3, 0.4) is 0 Å². The molecule has 27 heavy (non-hydrogen) atoms. The zero-order chi connectivity index (χ0) is 20.4. The van der Waals surface area contributed by atoms with Gasteiger partial charge in [0.2, 0.25) is 0 Å². The number of carboxylic acid groups (broad SMARTS) is 1. The molecule has 0 aromatic carbocycles. The van der Waals surface area contributed by atoms with Crippen molar-refractivity contribution in [2.45, 2.75) is 63.6 Å². The third-order valence-electron chi connectivity index (χ3n) is 5.23. The average molecular weight is 399 g/mol. The summed E-state index contributed by atoms with van der Waals surface area (Å²) in [7, 11) is -3.85. The van der Waals surface area contributed by atoms with Gasteiger partial charge in [0.15, 0.2) is 5.03 Å². The fraction of sp³-hybridized carbons (Fsp3) is 0.667. The van der Waals surface area contributed by atoms with Crippen molar-refractivity contribution in [3.63, 3.8) is 0 Å². The van der Waals surface area contributed by atoms with E-state index in [4.69, 9.17) is 5.14 Å². The van der Waals surface area contributed by atoms with E-state index < -0.39 is 16.1 Å². The van der Waals surface area contributed by atoms with Crippen LogP contribution in [0.2, 0.25) is 0 Å². The Morgan fingerprint density at radius 1 is 1.44 bits per heavy atom. The molecule has 1 aliphatic rings. The van der Waals surface area contributed by atoms with Gasteiger partial charge in [-0.05, 0) is 57.1 Å². The molecule has 0 bridgehead atoms. The lowest BCUT2D eigenvalue weighted by molar-refractivity contribution is 0.117. The van der Waals surface area contributed by atoms with Gasteiger partial charge >= 0.3 is 6.09 Å². The molecule has 2 atom stereocenters. The normalized spacial score (nSPS) is 20.7. The number of hydrogen-bond donors (Lipinski definition) is 3. The van der Waals surface area contributed by atoms with E-state index in [0.29, 0.717) is 24.2 Å². The van der Waals surface area contributed by atoms with Gasteiger partial charge in [-0.25, -0.2) is 23.3 Å². The molecule has 8 nitrogen and oxygen atoms in total. The number of amides is 1. The van der Waals surface area contributed by atoms with E-state index in [-0.39, 0.29) is 16.6 Å². The number of pyridine rings is 1. The molecule has 1 amide bonds. The third-order valence-corrected chi connectivity index (χ3v) is 6.04. The molecule has 2 heterocycles. The highest BCUT2D eigenvalue weighted by molar-refractivity contribution is 7.89. The van der Waals surface area contributed by atoms with Gasteiger partial charge in [0.1, 0.15) is 5.82 Å². The molecule has 0 spiro atoms. The fourth-order valence-electron chi connectivity index (χ4n) is 3.75. The van der Waals surface area contributed by atoms with Gasteiger partial charge in [0.05, 0.1) is 0 Å². The number of carbonyl (C=O) groups is 1. The molecule has 4 N–H and O–H groups in total. The van der Waals surface area contributed by atoms with Crippen molar-refractivity contribution in [3.8, 4) is 0 Å². The van der Waals surface area contributed by atoms with Crippen LogP contribution in [-0.4, -0.2) is 47.6 Å². The number of hydrogen-bond acceptors (Lipinski definition) is 5. The molecule has 1 aliphatic heterocycles. The molecule has 1 fully saturated rings. The van der Waals surface area contributed by atoms with Crippen LogP contribution in [0.4, 0.5) is 10.6 Å². The SMILES string of the molecule is CC(C)C(CC[C@@H]1CN(C(=O)O)C(C)(C)C1)Nc1cccc(S(N)(=O)=O)n1. The second-order valence-electron chi connectivity index (χ2n) is 8.25. The van der Waals surface area contributed by atoms with E-state index in [1.165, 1.54) is 11.0 Å². The summed E-state index contributed by atoms with van der Waals surface area (Å²) in [6, 6.07) is 4.78. The number of rotatable bonds is 7. The van der Waals surface area contributed by atoms with E-state index in [0.717, 1.165) is 19.3 Å². The van der Waals surface area contributed by atoms with Crippen molar-refractivity contribution in [3.05, 3.63) is 18.2 Å². The van der Waals surface area contributed by atoms with Crippen molar-refractivity contribution in [2.24, 2.45) is 17.0 Å². The topological polar surface area (TPSA) is 126 Å². The maximum atomic E-state index is 11.5. The lowest BCUT2D eigenvalue weighted by Gasteiger charge is -2.28. The predicted molar refractivity (Wildman–Crippen MR) is 104 cm³/mol. The number of sulfonamides is 1. The molecule has 1 aromatic heterocycles. The highest BCUT2D eigenvalue weighted by Gasteiger charge is 2.41. The van der Waals surface area contributed by atoms with Gasteiger partial charge in [0.25, 0.3) is 10.0 Å². The molecule has 1 aromatic rings. The first-order valence-corrected chi connectivity index (χ1v) is 10.7. The smallest absolute Gasteiger partial charge is 0.407 e. The van der Waals surface area contributed by atoms with Crippen molar-refractivity contribution in [2.75, 3.05) is 11.9 Å². The number of nitrogens with two attached hydrogens (primary N) is 1. The first kappa shape index (κ1) is 21.4. The largest absolute Gasteiger partial charge is 0.465 e. The summed E-state index contributed by atoms with van der Waals surface area (Å²) in [6.07, 6.45) is 1.69. The Morgan fingerprint density at radius 2 is 2.11 bits per heavy atom. The van der Waals surface area contributed by atoms with Gasteiger partial charge < -0.3 is 15.3 Å². The van der Waals surface area contributed by atoms with E-state index >= 15 is 0 Å². The van der Waals surface area contributed by atoms with Crippen molar-refractivity contribution >= 4 is 21.9 Å². The molecule has 9 heteroatoms. The number of nitrogens with one attached hydrogen (secondary N) is 1. The lowest BCUT2D eigenvalue weighted by atomic mass is 9.89. The predicted octanol–water partition coefficient (Wildman–Crippen LogP) is 2.72. The van der Waals surface area contributed by atoms with Gasteiger partial charge in [-0.15, -0.1) is 0 Å². The maximum absolute atomic E-state index is 11.5. The zero-order valence-electron chi connectivity index (χ0n) is 16.3. The lowest BCUT2D eigenvalue weighted by Crippen LogP contribution is -2.41. The van der Waals surface area contributed by atoms with Crippen LogP contribution >= 0.6 is 0 Å². The molecule has 1 unspecified atom stereocenters. The van der Waals surface area contributed by atoms with Crippen LogP contribution in [0.25, 0.3) is 0 Å². The number of aromatic nitrogens is 1. The fourth-order valence-corrected chi connectivity index (χ4v) is 4.24. The summed E-state index contributed by atoms with van der Waals surface area (Å²) in [5.74, 6) is 1.08. The average Bonchev–Trinajstić information content (AvgIpc) is 2.85. The van der Waals surface area contributed by atoms with Gasteiger partial charge in [-0.2, -0.15) is 0 Å². The first-order chi connectivity index (χ1) is 12.4. The van der Waals surface area contributed by atoms with Crippen LogP contribution in [0.1, 0.15) is 47.0 Å². The number of anilines is 1. The molecule has 2 rings (SSSR count). The summed E-state index contributed by atoms with van der Waals surface area (Å²) in [5.41, 5.74) is -0.345. The van der Waals surface area contributed by atoms with Crippen molar-refractivity contribution < 1.29 is 18.3 Å². The molecular weight excluding hydrogens is 368 g/mol. The Kier molecular flexibility index (Phi) is 6.36. The molecule has 0 aliphatic carbocycles. The molecule has 1 saturated heterocycles. The van der Waals surface area contributed by atoms with E-state index in [2.05, 4.69) is 24.1 Å². The minimum Gasteiger partial charge on any atom is -0.465 e. The van der Waals surface area contributed by atoms with Gasteiger partial charge in [-0.3, -0.25) is 0 Å². The minimum absolute atomic E-state index is 0.0928. The monoisotopic (exact) mass is 398 g/mol. The van der Waals surface area contributed by atoms with Crippen LogP contribution in [0.15, 0.2) is 23.2 Å². The standard InChI is InChI=1S/C18H30N4O4S/c1-12(2)14(20-15-6-5-7-16(21-15)27(19,25)26)9-8-13-10-18(3,4)22(11-13)17(23)24/h5-7,12-14H,8-11H2,1-4H3,(H,20,21)(H,23,24)(H2,19,25,26)/t13-,14?/m0/s1. The van der Waals surface area contributed by atoms with E-state index in [9.17, 15) is 18.3 Å². The maximum Gasteiger partial charge on any atom is 0.407 e. The second-order valence-corrected chi connectivity index (χ2v) is 9.76. The van der Waals surface area contributed by atoms with Crippen molar-refractivity contribution in [1.29, 1.82) is 0 Å². The Balaban J connectivity index is 2.02. The van der Waals surface area contributed by atoms with E-state index in [1.54, 1.807) is 12.1 Å². The quantitative estimate of drug-likeness (QED) is 0.648. The highest BCUT2D eigenvalue weighted by atomic mass is 32.2. The summed E-state index contributed by atoms with van der Waals surface area (Å²) in [6.45, 7) is 8.64. The number of primary sulfonamides is 1. The van der Waals surface area contributed by atoms with Crippen LogP contribution < -0.4 is 10.5 Å². The number of nitrogens with zero attached hydrogens (tertiary/aromatic N) is 2. The molecule has 0 saturated carbocycles. The zero-order valence-corrected chi connectivity index (χ0v) is 17.2. The second kappa shape index (κ2) is 8.02. The Morgan fingerprint density at radius 3 is 2.63 bits per heavy atom. The molecule has 152 valence electrons. The van der Waals surface area contributed by atoms with Crippen LogP contribution in [-0.2, 0) is 10.0 Å².